The van der Waals surface area contributed by atoms with E-state index >= 15 is 0 Å². The van der Waals surface area contributed by atoms with Crippen molar-refractivity contribution < 1.29 is 4.79 Å². The maximum Gasteiger partial charge on any atom is 0.236 e. The van der Waals surface area contributed by atoms with E-state index in [9.17, 15) is 4.79 Å². The lowest BCUT2D eigenvalue weighted by atomic mass is 10.1. The molecule has 1 amide bonds. The molecule has 2 aliphatic rings. The molecular weight excluding hydrogens is 261 g/mol. The number of hydrogen-bond acceptors (Lipinski definition) is 3. The third kappa shape index (κ3) is 5.00. The van der Waals surface area contributed by atoms with E-state index in [2.05, 4.69) is 4.90 Å². The zero-order chi connectivity index (χ0) is 10.7. The third-order valence-electron chi connectivity index (χ3n) is 3.45. The molecule has 2 aliphatic heterocycles. The largest absolute Gasteiger partial charge is 0.342 e. The van der Waals surface area contributed by atoms with Crippen LogP contribution in [0, 0.1) is 0 Å². The molecule has 0 saturated carbocycles. The normalized spacial score (nSPS) is 21.8. The standard InChI is InChI=1S/C11H21N3O.2ClH/c12-10-3-7-13(8-4-10)9-11(15)14-5-1-2-6-14;;/h10H,1-9,12H2;2*1H. The summed E-state index contributed by atoms with van der Waals surface area (Å²) in [6.45, 7) is 4.51. The molecular formula is C11H23Cl2N3O. The maximum atomic E-state index is 11.8. The highest BCUT2D eigenvalue weighted by Gasteiger charge is 2.22. The first kappa shape index (κ1) is 17.0. The molecule has 4 nitrogen and oxygen atoms in total. The SMILES string of the molecule is Cl.Cl.NC1CCN(CC(=O)N2CCCC2)CC1. The van der Waals surface area contributed by atoms with Crippen LogP contribution in [0.15, 0.2) is 0 Å². The molecule has 0 aromatic heterocycles. The molecule has 0 spiro atoms. The van der Waals surface area contributed by atoms with Crippen LogP contribution in [0.1, 0.15) is 25.7 Å². The lowest BCUT2D eigenvalue weighted by Crippen LogP contribution is -2.45. The van der Waals surface area contributed by atoms with Gasteiger partial charge in [-0.15, -0.1) is 24.8 Å². The minimum Gasteiger partial charge on any atom is -0.342 e. The van der Waals surface area contributed by atoms with Crippen molar-refractivity contribution in [2.45, 2.75) is 31.7 Å². The van der Waals surface area contributed by atoms with Gasteiger partial charge in [0.15, 0.2) is 0 Å². The molecule has 0 radical (unpaired) electrons. The molecule has 6 heteroatoms. The molecule has 2 heterocycles. The van der Waals surface area contributed by atoms with E-state index in [4.69, 9.17) is 5.73 Å². The van der Waals surface area contributed by atoms with Gasteiger partial charge in [-0.05, 0) is 25.7 Å². The topological polar surface area (TPSA) is 49.6 Å². The number of halogens is 2. The molecule has 0 aromatic carbocycles. The molecule has 102 valence electrons. The summed E-state index contributed by atoms with van der Waals surface area (Å²) in [5, 5.41) is 0. The van der Waals surface area contributed by atoms with E-state index in [0.717, 1.165) is 39.0 Å². The molecule has 0 aromatic rings. The summed E-state index contributed by atoms with van der Waals surface area (Å²) in [6.07, 6.45) is 4.42. The van der Waals surface area contributed by atoms with Crippen molar-refractivity contribution in [3.05, 3.63) is 0 Å². The Kier molecular flexibility index (Phi) is 8.12. The highest BCUT2D eigenvalue weighted by atomic mass is 35.5. The number of nitrogens with zero attached hydrogens (tertiary/aromatic N) is 2. The number of carbonyl (C=O) groups is 1. The third-order valence-corrected chi connectivity index (χ3v) is 3.45. The van der Waals surface area contributed by atoms with Gasteiger partial charge in [0, 0.05) is 32.2 Å². The fraction of sp³-hybridized carbons (Fsp3) is 0.909. The molecule has 17 heavy (non-hydrogen) atoms. The smallest absolute Gasteiger partial charge is 0.236 e. The van der Waals surface area contributed by atoms with Crippen molar-refractivity contribution in [1.82, 2.24) is 9.80 Å². The van der Waals surface area contributed by atoms with Crippen LogP contribution in [-0.4, -0.2) is 54.5 Å². The number of likely N-dealkylation sites (tertiary alicyclic amines) is 2. The van der Waals surface area contributed by atoms with Crippen LogP contribution in [-0.2, 0) is 4.79 Å². The second kappa shape index (κ2) is 8.14. The van der Waals surface area contributed by atoms with Gasteiger partial charge in [-0.25, -0.2) is 0 Å². The molecule has 2 saturated heterocycles. The number of amides is 1. The van der Waals surface area contributed by atoms with Crippen LogP contribution in [0.3, 0.4) is 0 Å². The quantitative estimate of drug-likeness (QED) is 0.819. The van der Waals surface area contributed by atoms with Crippen molar-refractivity contribution >= 4 is 30.7 Å². The monoisotopic (exact) mass is 283 g/mol. The van der Waals surface area contributed by atoms with Crippen LogP contribution in [0.25, 0.3) is 0 Å². The summed E-state index contributed by atoms with van der Waals surface area (Å²) < 4.78 is 0. The van der Waals surface area contributed by atoms with Crippen LogP contribution in [0.5, 0.6) is 0 Å². The fourth-order valence-corrected chi connectivity index (χ4v) is 2.37. The average Bonchev–Trinajstić information content (AvgIpc) is 2.74. The van der Waals surface area contributed by atoms with Gasteiger partial charge < -0.3 is 10.6 Å². The molecule has 0 bridgehead atoms. The van der Waals surface area contributed by atoms with Gasteiger partial charge in [0.25, 0.3) is 0 Å². The van der Waals surface area contributed by atoms with Crippen molar-refractivity contribution in [1.29, 1.82) is 0 Å². The Bertz CT molecular complexity index is 227. The Hall–Kier alpha value is -0.0300. The molecule has 0 atom stereocenters. The number of carbonyl (C=O) groups excluding carboxylic acids is 1. The molecule has 2 rings (SSSR count). The summed E-state index contributed by atoms with van der Waals surface area (Å²) >= 11 is 0. The van der Waals surface area contributed by atoms with Gasteiger partial charge >= 0.3 is 0 Å². The first-order valence-corrected chi connectivity index (χ1v) is 6.01. The fourth-order valence-electron chi connectivity index (χ4n) is 2.37. The number of rotatable bonds is 2. The van der Waals surface area contributed by atoms with Gasteiger partial charge in [0.05, 0.1) is 6.54 Å². The minimum absolute atomic E-state index is 0. The van der Waals surface area contributed by atoms with E-state index in [1.54, 1.807) is 0 Å². The van der Waals surface area contributed by atoms with Gasteiger partial charge in [-0.2, -0.15) is 0 Å². The number of piperidine rings is 1. The van der Waals surface area contributed by atoms with Gasteiger partial charge in [-0.1, -0.05) is 0 Å². The Morgan fingerprint density at radius 1 is 1.06 bits per heavy atom. The molecule has 2 N–H and O–H groups in total. The first-order valence-electron chi connectivity index (χ1n) is 6.01. The van der Waals surface area contributed by atoms with Gasteiger partial charge in [0.2, 0.25) is 5.91 Å². The zero-order valence-electron chi connectivity index (χ0n) is 10.1. The highest BCUT2D eigenvalue weighted by Crippen LogP contribution is 2.11. The van der Waals surface area contributed by atoms with Gasteiger partial charge in [-0.3, -0.25) is 9.69 Å². The van der Waals surface area contributed by atoms with Gasteiger partial charge in [0.1, 0.15) is 0 Å². The predicted molar refractivity (Wildman–Crippen MR) is 74.0 cm³/mol. The number of hydrogen-bond donors (Lipinski definition) is 1. The van der Waals surface area contributed by atoms with E-state index in [1.165, 1.54) is 12.8 Å². The summed E-state index contributed by atoms with van der Waals surface area (Å²) in [6, 6.07) is 0.350. The summed E-state index contributed by atoms with van der Waals surface area (Å²) in [5.74, 6) is 0.308. The summed E-state index contributed by atoms with van der Waals surface area (Å²) in [5.41, 5.74) is 5.83. The number of nitrogens with two attached hydrogens (primary N) is 1. The Morgan fingerprint density at radius 2 is 1.59 bits per heavy atom. The Labute approximate surface area is 116 Å². The van der Waals surface area contributed by atoms with Crippen molar-refractivity contribution in [2.75, 3.05) is 32.7 Å². The Balaban J connectivity index is 0.00000128. The van der Waals surface area contributed by atoms with Crippen molar-refractivity contribution in [3.63, 3.8) is 0 Å². The molecule has 0 aliphatic carbocycles. The zero-order valence-corrected chi connectivity index (χ0v) is 11.8. The minimum atomic E-state index is 0. The second-order valence-electron chi connectivity index (χ2n) is 4.70. The van der Waals surface area contributed by atoms with E-state index < -0.39 is 0 Å². The average molecular weight is 284 g/mol. The molecule has 2 fully saturated rings. The second-order valence-corrected chi connectivity index (χ2v) is 4.70. The van der Waals surface area contributed by atoms with Crippen LogP contribution in [0.2, 0.25) is 0 Å². The van der Waals surface area contributed by atoms with E-state index in [0.29, 0.717) is 18.5 Å². The highest BCUT2D eigenvalue weighted by molar-refractivity contribution is 5.85. The van der Waals surface area contributed by atoms with Crippen LogP contribution >= 0.6 is 24.8 Å². The van der Waals surface area contributed by atoms with Crippen molar-refractivity contribution in [3.8, 4) is 0 Å². The Morgan fingerprint density at radius 3 is 2.12 bits per heavy atom. The van der Waals surface area contributed by atoms with Crippen LogP contribution in [0.4, 0.5) is 0 Å². The summed E-state index contributed by atoms with van der Waals surface area (Å²) in [7, 11) is 0. The van der Waals surface area contributed by atoms with Crippen molar-refractivity contribution in [2.24, 2.45) is 5.73 Å². The molecule has 0 unspecified atom stereocenters. The lowest BCUT2D eigenvalue weighted by molar-refractivity contribution is -0.131. The maximum absolute atomic E-state index is 11.8. The lowest BCUT2D eigenvalue weighted by Gasteiger charge is -2.30. The summed E-state index contributed by atoms with van der Waals surface area (Å²) in [4.78, 5) is 16.1. The van der Waals surface area contributed by atoms with E-state index in [1.807, 2.05) is 4.90 Å². The van der Waals surface area contributed by atoms with E-state index in [-0.39, 0.29) is 24.8 Å². The predicted octanol–water partition coefficient (Wildman–Crippen LogP) is 0.875. The van der Waals surface area contributed by atoms with Crippen LogP contribution < -0.4 is 5.73 Å². The first-order chi connectivity index (χ1) is 7.25.